The van der Waals surface area contributed by atoms with E-state index in [-0.39, 0.29) is 12.6 Å². The van der Waals surface area contributed by atoms with E-state index in [1.54, 1.807) is 23.5 Å². The quantitative estimate of drug-likeness (QED) is 0.784. The van der Waals surface area contributed by atoms with Crippen molar-refractivity contribution in [3.8, 4) is 0 Å². The highest BCUT2D eigenvalue weighted by atomic mass is 32.1. The number of rotatable bonds is 8. The Morgan fingerprint density at radius 1 is 1.18 bits per heavy atom. The van der Waals surface area contributed by atoms with Crippen molar-refractivity contribution in [2.75, 3.05) is 6.61 Å². The molecule has 1 unspecified atom stereocenters. The summed E-state index contributed by atoms with van der Waals surface area (Å²) in [6.07, 6.45) is 0.869. The maximum absolute atomic E-state index is 10.9. The first-order valence-electron chi connectivity index (χ1n) is 7.32. The van der Waals surface area contributed by atoms with Crippen LogP contribution in [0.2, 0.25) is 0 Å². The Labute approximate surface area is 134 Å². The van der Waals surface area contributed by atoms with Gasteiger partial charge in [-0.2, -0.15) is 11.3 Å². The second kappa shape index (κ2) is 8.08. The van der Waals surface area contributed by atoms with Gasteiger partial charge in [0.2, 0.25) is 0 Å². The minimum Gasteiger partial charge on any atom is -0.478 e. The normalized spacial score (nSPS) is 12.5. The predicted molar refractivity (Wildman–Crippen MR) is 88.1 cm³/mol. The van der Waals surface area contributed by atoms with Crippen LogP contribution in [0.15, 0.2) is 41.1 Å². The third kappa shape index (κ3) is 4.40. The molecule has 2 N–H and O–H groups in total. The second-order valence-electron chi connectivity index (χ2n) is 5.28. The maximum Gasteiger partial charge on any atom is 0.335 e. The minimum atomic E-state index is -0.913. The topological polar surface area (TPSA) is 60.8 Å². The molecule has 2 rings (SSSR count). The number of carboxylic acid groups (broad SMARTS) is 1. The smallest absolute Gasteiger partial charge is 0.335 e. The third-order valence-electron chi connectivity index (χ3n) is 3.75. The molecule has 0 bridgehead atoms. The van der Waals surface area contributed by atoms with E-state index in [2.05, 4.69) is 28.7 Å². The molecule has 5 heteroatoms. The van der Waals surface area contributed by atoms with Gasteiger partial charge in [-0.1, -0.05) is 19.1 Å². The summed E-state index contributed by atoms with van der Waals surface area (Å²) in [6.45, 7) is 3.65. The molecule has 0 aliphatic carbocycles. The van der Waals surface area contributed by atoms with E-state index in [9.17, 15) is 9.90 Å². The van der Waals surface area contributed by atoms with Crippen molar-refractivity contribution in [1.82, 2.24) is 4.90 Å². The zero-order chi connectivity index (χ0) is 15.9. The lowest BCUT2D eigenvalue weighted by molar-refractivity contribution is 0.0697. The van der Waals surface area contributed by atoms with Crippen molar-refractivity contribution in [3.05, 3.63) is 57.8 Å². The molecular weight excluding hydrogens is 298 g/mol. The second-order valence-corrected chi connectivity index (χ2v) is 6.06. The van der Waals surface area contributed by atoms with Gasteiger partial charge in [-0.3, -0.25) is 4.90 Å². The molecule has 2 aromatic rings. The fraction of sp³-hybridized carbons (Fsp3) is 0.353. The highest BCUT2D eigenvalue weighted by molar-refractivity contribution is 7.07. The van der Waals surface area contributed by atoms with Crippen molar-refractivity contribution < 1.29 is 15.0 Å². The SMILES string of the molecule is CCC(CO)N(Cc1ccc(C(=O)O)cc1)Cc1ccsc1. The number of carbonyl (C=O) groups is 1. The summed E-state index contributed by atoms with van der Waals surface area (Å²) >= 11 is 1.67. The van der Waals surface area contributed by atoms with E-state index < -0.39 is 5.97 Å². The van der Waals surface area contributed by atoms with E-state index >= 15 is 0 Å². The largest absolute Gasteiger partial charge is 0.478 e. The Kier molecular flexibility index (Phi) is 6.12. The highest BCUT2D eigenvalue weighted by Gasteiger charge is 2.17. The van der Waals surface area contributed by atoms with Crippen LogP contribution in [0.5, 0.6) is 0 Å². The van der Waals surface area contributed by atoms with Crippen LogP contribution in [-0.2, 0) is 13.1 Å². The number of benzene rings is 1. The van der Waals surface area contributed by atoms with Crippen LogP contribution in [0.3, 0.4) is 0 Å². The molecule has 1 atom stereocenters. The fourth-order valence-electron chi connectivity index (χ4n) is 2.42. The first kappa shape index (κ1) is 16.7. The average Bonchev–Trinajstić information content (AvgIpc) is 3.02. The molecule has 4 nitrogen and oxygen atoms in total. The number of aliphatic hydroxyl groups excluding tert-OH is 1. The fourth-order valence-corrected chi connectivity index (χ4v) is 3.08. The van der Waals surface area contributed by atoms with Gasteiger partial charge >= 0.3 is 5.97 Å². The predicted octanol–water partition coefficient (Wildman–Crippen LogP) is 3.22. The van der Waals surface area contributed by atoms with Gasteiger partial charge in [0.05, 0.1) is 12.2 Å². The number of nitrogens with zero attached hydrogens (tertiary/aromatic N) is 1. The molecule has 0 amide bonds. The number of hydrogen-bond donors (Lipinski definition) is 2. The highest BCUT2D eigenvalue weighted by Crippen LogP contribution is 2.17. The zero-order valence-corrected chi connectivity index (χ0v) is 13.4. The molecule has 0 spiro atoms. The third-order valence-corrected chi connectivity index (χ3v) is 4.48. The van der Waals surface area contributed by atoms with E-state index in [0.29, 0.717) is 12.1 Å². The van der Waals surface area contributed by atoms with E-state index in [1.165, 1.54) is 5.56 Å². The summed E-state index contributed by atoms with van der Waals surface area (Å²) in [5.74, 6) is -0.913. The lowest BCUT2D eigenvalue weighted by atomic mass is 10.1. The summed E-state index contributed by atoms with van der Waals surface area (Å²) in [6, 6.07) is 9.12. The molecule has 1 aromatic carbocycles. The number of thiophene rings is 1. The van der Waals surface area contributed by atoms with Crippen molar-refractivity contribution in [3.63, 3.8) is 0 Å². The van der Waals surface area contributed by atoms with Crippen molar-refractivity contribution >= 4 is 17.3 Å². The van der Waals surface area contributed by atoms with Crippen LogP contribution in [0.25, 0.3) is 0 Å². The van der Waals surface area contributed by atoms with Crippen molar-refractivity contribution in [2.24, 2.45) is 0 Å². The molecule has 1 heterocycles. The number of aliphatic hydroxyl groups is 1. The molecule has 118 valence electrons. The van der Waals surface area contributed by atoms with E-state index in [1.807, 2.05) is 12.1 Å². The molecule has 0 radical (unpaired) electrons. The van der Waals surface area contributed by atoms with Gasteiger partial charge in [-0.05, 0) is 46.5 Å². The van der Waals surface area contributed by atoms with Crippen LogP contribution in [0.1, 0.15) is 34.8 Å². The van der Waals surface area contributed by atoms with E-state index in [4.69, 9.17) is 5.11 Å². The number of carboxylic acids is 1. The summed E-state index contributed by atoms with van der Waals surface area (Å²) in [7, 11) is 0. The molecule has 0 fully saturated rings. The maximum atomic E-state index is 10.9. The first-order chi connectivity index (χ1) is 10.6. The van der Waals surface area contributed by atoms with Crippen LogP contribution in [0, 0.1) is 0 Å². The van der Waals surface area contributed by atoms with Gasteiger partial charge in [0.25, 0.3) is 0 Å². The average molecular weight is 319 g/mol. The molecular formula is C17H21NO3S. The zero-order valence-electron chi connectivity index (χ0n) is 12.6. The Morgan fingerprint density at radius 3 is 2.36 bits per heavy atom. The van der Waals surface area contributed by atoms with Gasteiger partial charge < -0.3 is 10.2 Å². The minimum absolute atomic E-state index is 0.0963. The van der Waals surface area contributed by atoms with Crippen LogP contribution in [0.4, 0.5) is 0 Å². The molecule has 0 saturated heterocycles. The monoisotopic (exact) mass is 319 g/mol. The van der Waals surface area contributed by atoms with Gasteiger partial charge in [-0.25, -0.2) is 4.79 Å². The molecule has 0 saturated carbocycles. The van der Waals surface area contributed by atoms with Crippen LogP contribution < -0.4 is 0 Å². The van der Waals surface area contributed by atoms with Gasteiger partial charge in [-0.15, -0.1) is 0 Å². The van der Waals surface area contributed by atoms with Gasteiger partial charge in [0.15, 0.2) is 0 Å². The summed E-state index contributed by atoms with van der Waals surface area (Å²) < 4.78 is 0. The standard InChI is InChI=1S/C17H21NO3S/c1-2-16(11-19)18(10-14-7-8-22-12-14)9-13-3-5-15(6-4-13)17(20)21/h3-8,12,16,19H,2,9-11H2,1H3,(H,20,21). The van der Waals surface area contributed by atoms with Gasteiger partial charge in [0, 0.05) is 19.1 Å². The lowest BCUT2D eigenvalue weighted by Gasteiger charge is -2.29. The molecule has 1 aromatic heterocycles. The summed E-state index contributed by atoms with van der Waals surface area (Å²) in [4.78, 5) is 13.1. The van der Waals surface area contributed by atoms with Crippen LogP contribution in [-0.4, -0.2) is 33.7 Å². The Balaban J connectivity index is 2.12. The van der Waals surface area contributed by atoms with Crippen molar-refractivity contribution in [1.29, 1.82) is 0 Å². The number of hydrogen-bond acceptors (Lipinski definition) is 4. The number of aromatic carboxylic acids is 1. The summed E-state index contributed by atoms with van der Waals surface area (Å²) in [5, 5.41) is 22.7. The van der Waals surface area contributed by atoms with Crippen molar-refractivity contribution in [2.45, 2.75) is 32.5 Å². The molecule has 22 heavy (non-hydrogen) atoms. The Hall–Kier alpha value is -1.69. The lowest BCUT2D eigenvalue weighted by Crippen LogP contribution is -2.36. The summed E-state index contributed by atoms with van der Waals surface area (Å²) in [5.41, 5.74) is 2.58. The van der Waals surface area contributed by atoms with Crippen LogP contribution >= 0.6 is 11.3 Å². The Bertz CT molecular complexity index is 576. The Morgan fingerprint density at radius 2 is 1.86 bits per heavy atom. The first-order valence-corrected chi connectivity index (χ1v) is 8.26. The van der Waals surface area contributed by atoms with E-state index in [0.717, 1.165) is 18.5 Å². The molecule has 0 aliphatic heterocycles. The van der Waals surface area contributed by atoms with Gasteiger partial charge in [0.1, 0.15) is 0 Å². The molecule has 0 aliphatic rings.